The van der Waals surface area contributed by atoms with Gasteiger partial charge in [-0.1, -0.05) is 0 Å². The highest BCUT2D eigenvalue weighted by Crippen LogP contribution is 2.15. The molecular weight excluding hydrogens is 109 g/mol. The molecule has 1 rings (SSSR count). The van der Waals surface area contributed by atoms with Crippen LogP contribution in [0.1, 0.15) is 6.42 Å². The summed E-state index contributed by atoms with van der Waals surface area (Å²) in [6, 6.07) is 0. The Morgan fingerprint density at radius 1 is 1.75 bits per heavy atom. The van der Waals surface area contributed by atoms with E-state index in [4.69, 9.17) is 0 Å². The molecule has 0 amide bonds. The van der Waals surface area contributed by atoms with Crippen LogP contribution in [0.3, 0.4) is 0 Å². The first-order valence-electron chi connectivity index (χ1n) is 2.63. The number of carbonyl (C=O) groups is 1. The summed E-state index contributed by atoms with van der Waals surface area (Å²) in [6.07, 6.45) is 0.712. The van der Waals surface area contributed by atoms with Crippen LogP contribution in [0.25, 0.3) is 0 Å². The zero-order valence-electron chi connectivity index (χ0n) is 4.48. The van der Waals surface area contributed by atoms with E-state index in [0.717, 1.165) is 0 Å². The second-order valence-corrected chi connectivity index (χ2v) is 2.08. The summed E-state index contributed by atoms with van der Waals surface area (Å²) in [5.41, 5.74) is -1.56. The normalized spacial score (nSPS) is 37.6. The molecular formula is C5H8FNO. The van der Waals surface area contributed by atoms with Crippen molar-refractivity contribution < 1.29 is 9.18 Å². The van der Waals surface area contributed by atoms with Gasteiger partial charge >= 0.3 is 0 Å². The minimum absolute atomic E-state index is 0.191. The van der Waals surface area contributed by atoms with E-state index in [2.05, 4.69) is 5.32 Å². The predicted octanol–water partition coefficient (Wildman–Crippen LogP) is -0.113. The van der Waals surface area contributed by atoms with Gasteiger partial charge in [0.1, 0.15) is 0 Å². The number of alkyl halides is 1. The SMILES string of the molecule is O=CC1(F)CCNC1. The third-order valence-corrected chi connectivity index (χ3v) is 1.35. The fourth-order valence-corrected chi connectivity index (χ4v) is 0.781. The Bertz CT molecular complexity index is 98.6. The van der Waals surface area contributed by atoms with Gasteiger partial charge in [-0.15, -0.1) is 0 Å². The summed E-state index contributed by atoms with van der Waals surface area (Å²) < 4.78 is 12.6. The van der Waals surface area contributed by atoms with E-state index in [1.165, 1.54) is 0 Å². The number of hydrogen-bond acceptors (Lipinski definition) is 2. The molecule has 0 aromatic heterocycles. The highest BCUT2D eigenvalue weighted by atomic mass is 19.1. The lowest BCUT2D eigenvalue weighted by molar-refractivity contribution is -0.116. The van der Waals surface area contributed by atoms with Crippen molar-refractivity contribution in [3.05, 3.63) is 0 Å². The number of aldehydes is 1. The zero-order valence-corrected chi connectivity index (χ0v) is 4.48. The summed E-state index contributed by atoms with van der Waals surface area (Å²) in [5, 5.41) is 2.76. The molecule has 3 heteroatoms. The molecule has 46 valence electrons. The van der Waals surface area contributed by atoms with Crippen LogP contribution in [0.2, 0.25) is 0 Å². The van der Waals surface area contributed by atoms with Crippen LogP contribution in [0, 0.1) is 0 Å². The molecule has 0 aromatic rings. The number of rotatable bonds is 1. The Morgan fingerprint density at radius 2 is 2.50 bits per heavy atom. The van der Waals surface area contributed by atoms with Gasteiger partial charge in [0.25, 0.3) is 0 Å². The zero-order chi connectivity index (χ0) is 6.04. The quantitative estimate of drug-likeness (QED) is 0.485. The molecule has 1 saturated heterocycles. The maximum atomic E-state index is 12.6. The largest absolute Gasteiger partial charge is 0.313 e. The van der Waals surface area contributed by atoms with Crippen molar-refractivity contribution in [1.82, 2.24) is 5.32 Å². The Kier molecular flexibility index (Phi) is 1.29. The molecule has 0 bridgehead atoms. The number of halogens is 1. The predicted molar refractivity (Wildman–Crippen MR) is 27.4 cm³/mol. The van der Waals surface area contributed by atoms with Crippen LogP contribution >= 0.6 is 0 Å². The minimum Gasteiger partial charge on any atom is -0.313 e. The molecule has 0 aromatic carbocycles. The standard InChI is InChI=1S/C5H8FNO/c6-5(4-8)1-2-7-3-5/h4,7H,1-3H2. The topological polar surface area (TPSA) is 29.1 Å². The molecule has 0 aliphatic carbocycles. The Balaban J connectivity index is 2.52. The summed E-state index contributed by atoms with van der Waals surface area (Å²) in [5.74, 6) is 0. The lowest BCUT2D eigenvalue weighted by atomic mass is 10.1. The molecule has 1 N–H and O–H groups in total. The molecule has 1 heterocycles. The Hall–Kier alpha value is -0.440. The van der Waals surface area contributed by atoms with Gasteiger partial charge in [0.15, 0.2) is 12.0 Å². The van der Waals surface area contributed by atoms with E-state index in [1.807, 2.05) is 0 Å². The van der Waals surface area contributed by atoms with Crippen molar-refractivity contribution in [3.8, 4) is 0 Å². The first kappa shape index (κ1) is 5.69. The smallest absolute Gasteiger partial charge is 0.179 e. The van der Waals surface area contributed by atoms with Crippen LogP contribution in [-0.4, -0.2) is 25.0 Å². The van der Waals surface area contributed by atoms with Crippen LogP contribution < -0.4 is 5.32 Å². The van der Waals surface area contributed by atoms with E-state index in [-0.39, 0.29) is 6.54 Å². The third kappa shape index (κ3) is 0.865. The van der Waals surface area contributed by atoms with Crippen molar-refractivity contribution in [3.63, 3.8) is 0 Å². The lowest BCUT2D eigenvalue weighted by Gasteiger charge is -2.05. The molecule has 2 nitrogen and oxygen atoms in total. The van der Waals surface area contributed by atoms with Gasteiger partial charge in [-0.3, -0.25) is 4.79 Å². The maximum Gasteiger partial charge on any atom is 0.179 e. The molecule has 0 radical (unpaired) electrons. The van der Waals surface area contributed by atoms with Crippen LogP contribution in [0.4, 0.5) is 4.39 Å². The Labute approximate surface area is 47.1 Å². The molecule has 0 spiro atoms. The van der Waals surface area contributed by atoms with E-state index in [9.17, 15) is 9.18 Å². The van der Waals surface area contributed by atoms with Crippen LogP contribution in [-0.2, 0) is 4.79 Å². The second-order valence-electron chi connectivity index (χ2n) is 2.08. The molecule has 0 saturated carbocycles. The number of nitrogens with one attached hydrogen (secondary N) is 1. The van der Waals surface area contributed by atoms with Crippen molar-refractivity contribution in [2.45, 2.75) is 12.1 Å². The highest BCUT2D eigenvalue weighted by Gasteiger charge is 2.32. The molecule has 1 unspecified atom stereocenters. The molecule has 1 aliphatic rings. The van der Waals surface area contributed by atoms with Gasteiger partial charge in [0.2, 0.25) is 0 Å². The summed E-state index contributed by atoms with van der Waals surface area (Å²) in [4.78, 5) is 9.91. The molecule has 1 atom stereocenters. The van der Waals surface area contributed by atoms with Crippen LogP contribution in [0.15, 0.2) is 0 Å². The number of hydrogen-bond donors (Lipinski definition) is 1. The van der Waals surface area contributed by atoms with Gasteiger partial charge in [0, 0.05) is 13.0 Å². The van der Waals surface area contributed by atoms with Gasteiger partial charge in [-0.2, -0.15) is 0 Å². The van der Waals surface area contributed by atoms with E-state index < -0.39 is 5.67 Å². The summed E-state index contributed by atoms with van der Waals surface area (Å²) >= 11 is 0. The molecule has 1 fully saturated rings. The fraction of sp³-hybridized carbons (Fsp3) is 0.800. The third-order valence-electron chi connectivity index (χ3n) is 1.35. The van der Waals surface area contributed by atoms with E-state index >= 15 is 0 Å². The van der Waals surface area contributed by atoms with Crippen LogP contribution in [0.5, 0.6) is 0 Å². The van der Waals surface area contributed by atoms with Crippen molar-refractivity contribution in [1.29, 1.82) is 0 Å². The monoisotopic (exact) mass is 117 g/mol. The average Bonchev–Trinajstić information content (AvgIpc) is 2.17. The summed E-state index contributed by atoms with van der Waals surface area (Å²) in [6.45, 7) is 0.811. The van der Waals surface area contributed by atoms with Gasteiger partial charge in [0.05, 0.1) is 0 Å². The number of carbonyl (C=O) groups excluding carboxylic acids is 1. The fourth-order valence-electron chi connectivity index (χ4n) is 0.781. The van der Waals surface area contributed by atoms with Crippen molar-refractivity contribution in [2.75, 3.05) is 13.1 Å². The van der Waals surface area contributed by atoms with Gasteiger partial charge < -0.3 is 5.32 Å². The van der Waals surface area contributed by atoms with Crippen molar-refractivity contribution >= 4 is 6.29 Å². The van der Waals surface area contributed by atoms with Gasteiger partial charge in [-0.25, -0.2) is 4.39 Å². The lowest BCUT2D eigenvalue weighted by Crippen LogP contribution is -2.27. The van der Waals surface area contributed by atoms with E-state index in [1.54, 1.807) is 0 Å². The average molecular weight is 117 g/mol. The first-order chi connectivity index (χ1) is 3.77. The summed E-state index contributed by atoms with van der Waals surface area (Å²) in [7, 11) is 0. The molecule has 8 heavy (non-hydrogen) atoms. The van der Waals surface area contributed by atoms with Crippen molar-refractivity contribution in [2.24, 2.45) is 0 Å². The minimum atomic E-state index is -1.56. The van der Waals surface area contributed by atoms with E-state index in [0.29, 0.717) is 19.3 Å². The maximum absolute atomic E-state index is 12.6. The Morgan fingerprint density at radius 3 is 2.75 bits per heavy atom. The molecule has 1 aliphatic heterocycles. The second kappa shape index (κ2) is 1.82. The first-order valence-corrected chi connectivity index (χ1v) is 2.63. The van der Waals surface area contributed by atoms with Gasteiger partial charge in [-0.05, 0) is 6.54 Å². The highest BCUT2D eigenvalue weighted by molar-refractivity contribution is 5.63.